The molecule has 0 radical (unpaired) electrons. The van der Waals surface area contributed by atoms with E-state index in [-0.39, 0.29) is 12.3 Å². The lowest BCUT2D eigenvalue weighted by Crippen LogP contribution is -2.28. The molecule has 2 rings (SSSR count). The number of amides is 1. The Labute approximate surface area is 131 Å². The zero-order chi connectivity index (χ0) is 16.3. The Morgan fingerprint density at radius 1 is 1.45 bits per heavy atom. The summed E-state index contributed by atoms with van der Waals surface area (Å²) in [5.74, 6) is 0.0489. The number of hydrogen-bond donors (Lipinski definition) is 1. The molecule has 0 aromatic carbocycles. The summed E-state index contributed by atoms with van der Waals surface area (Å²) in [5.41, 5.74) is 1.74. The number of carbonyl (C=O) groups excluding carboxylic acids is 1. The number of nitrogens with zero attached hydrogens (tertiary/aromatic N) is 3. The lowest BCUT2D eigenvalue weighted by atomic mass is 10.1. The molecule has 0 spiro atoms. The summed E-state index contributed by atoms with van der Waals surface area (Å²) in [6.45, 7) is 5.54. The van der Waals surface area contributed by atoms with Gasteiger partial charge in [0, 0.05) is 32.5 Å². The van der Waals surface area contributed by atoms with E-state index in [1.54, 1.807) is 18.1 Å². The predicted octanol–water partition coefficient (Wildman–Crippen LogP) is 2.35. The fourth-order valence-electron chi connectivity index (χ4n) is 2.61. The largest absolute Gasteiger partial charge is 0.481 e. The van der Waals surface area contributed by atoms with Crippen molar-refractivity contribution in [3.05, 3.63) is 17.5 Å². The van der Waals surface area contributed by atoms with Crippen LogP contribution in [0.1, 0.15) is 61.5 Å². The molecular weight excluding hydrogens is 282 g/mol. The number of hydrogen-bond acceptors (Lipinski definition) is 3. The summed E-state index contributed by atoms with van der Waals surface area (Å²) in [5, 5.41) is 13.1. The first-order valence-electron chi connectivity index (χ1n) is 7.93. The Morgan fingerprint density at radius 3 is 2.68 bits per heavy atom. The number of aliphatic carboxylic acids is 1. The van der Waals surface area contributed by atoms with Crippen LogP contribution in [-0.2, 0) is 11.3 Å². The van der Waals surface area contributed by atoms with Crippen LogP contribution in [0.3, 0.4) is 0 Å². The topological polar surface area (TPSA) is 75.4 Å². The number of rotatable bonds is 8. The lowest BCUT2D eigenvalue weighted by molar-refractivity contribution is -0.137. The summed E-state index contributed by atoms with van der Waals surface area (Å²) in [6.07, 6.45) is 4.46. The molecule has 1 N–H and O–H groups in total. The van der Waals surface area contributed by atoms with E-state index >= 15 is 0 Å². The van der Waals surface area contributed by atoms with Crippen LogP contribution in [0, 0.1) is 5.92 Å². The summed E-state index contributed by atoms with van der Waals surface area (Å²) in [6, 6.07) is 0. The zero-order valence-electron chi connectivity index (χ0n) is 13.6. The van der Waals surface area contributed by atoms with Gasteiger partial charge in [-0.2, -0.15) is 5.10 Å². The summed E-state index contributed by atoms with van der Waals surface area (Å²) < 4.78 is 1.97. The SMILES string of the molecule is CC(C)Cn1ncc(C(=O)N(C)CCCC(=O)O)c1C1CC1. The van der Waals surface area contributed by atoms with Crippen molar-refractivity contribution >= 4 is 11.9 Å². The van der Waals surface area contributed by atoms with Gasteiger partial charge in [0.1, 0.15) is 0 Å². The van der Waals surface area contributed by atoms with Gasteiger partial charge >= 0.3 is 5.97 Å². The quantitative estimate of drug-likeness (QED) is 0.800. The molecule has 6 heteroatoms. The molecule has 1 aliphatic rings. The normalized spacial score (nSPS) is 14.4. The molecular formula is C16H25N3O3. The Morgan fingerprint density at radius 2 is 2.14 bits per heavy atom. The van der Waals surface area contributed by atoms with Gasteiger partial charge in [0.15, 0.2) is 0 Å². The highest BCUT2D eigenvalue weighted by Gasteiger charge is 2.33. The second-order valence-corrected chi connectivity index (χ2v) is 6.52. The van der Waals surface area contributed by atoms with Crippen molar-refractivity contribution in [1.82, 2.24) is 14.7 Å². The van der Waals surface area contributed by atoms with Crippen molar-refractivity contribution in [1.29, 1.82) is 0 Å². The molecule has 0 bridgehead atoms. The van der Waals surface area contributed by atoms with E-state index in [4.69, 9.17) is 5.11 Å². The smallest absolute Gasteiger partial charge is 0.303 e. The van der Waals surface area contributed by atoms with Crippen molar-refractivity contribution in [3.63, 3.8) is 0 Å². The second kappa shape index (κ2) is 6.94. The molecule has 1 heterocycles. The van der Waals surface area contributed by atoms with Crippen LogP contribution in [0.25, 0.3) is 0 Å². The second-order valence-electron chi connectivity index (χ2n) is 6.52. The molecule has 22 heavy (non-hydrogen) atoms. The lowest BCUT2D eigenvalue weighted by Gasteiger charge is -2.17. The fraction of sp³-hybridized carbons (Fsp3) is 0.688. The fourth-order valence-corrected chi connectivity index (χ4v) is 2.61. The third-order valence-corrected chi connectivity index (χ3v) is 3.84. The van der Waals surface area contributed by atoms with E-state index in [0.717, 1.165) is 25.1 Å². The number of carboxylic acid groups (broad SMARTS) is 1. The Hall–Kier alpha value is -1.85. The standard InChI is InChI=1S/C16H25N3O3/c1-11(2)10-19-15(12-6-7-12)13(9-17-19)16(22)18(3)8-4-5-14(20)21/h9,11-12H,4-8,10H2,1-3H3,(H,20,21). The molecule has 1 amide bonds. The van der Waals surface area contributed by atoms with Gasteiger partial charge in [-0.05, 0) is 25.2 Å². The molecule has 0 saturated heterocycles. The molecule has 1 aromatic rings. The first-order valence-corrected chi connectivity index (χ1v) is 7.93. The van der Waals surface area contributed by atoms with E-state index in [9.17, 15) is 9.59 Å². The van der Waals surface area contributed by atoms with Crippen LogP contribution in [0.4, 0.5) is 0 Å². The Kier molecular flexibility index (Phi) is 5.21. The molecule has 1 aliphatic carbocycles. The maximum atomic E-state index is 12.6. The van der Waals surface area contributed by atoms with E-state index in [1.807, 2.05) is 4.68 Å². The number of aromatic nitrogens is 2. The number of carbonyl (C=O) groups is 2. The highest BCUT2D eigenvalue weighted by atomic mass is 16.4. The van der Waals surface area contributed by atoms with Crippen LogP contribution in [0.15, 0.2) is 6.20 Å². The van der Waals surface area contributed by atoms with Crippen LogP contribution in [0.5, 0.6) is 0 Å². The average Bonchev–Trinajstić information content (AvgIpc) is 3.18. The molecule has 6 nitrogen and oxygen atoms in total. The van der Waals surface area contributed by atoms with E-state index in [0.29, 0.717) is 30.4 Å². The zero-order valence-corrected chi connectivity index (χ0v) is 13.6. The molecule has 1 saturated carbocycles. The molecule has 0 unspecified atom stereocenters. The summed E-state index contributed by atoms with van der Waals surface area (Å²) in [7, 11) is 1.72. The third-order valence-electron chi connectivity index (χ3n) is 3.84. The van der Waals surface area contributed by atoms with Gasteiger partial charge in [-0.15, -0.1) is 0 Å². The monoisotopic (exact) mass is 307 g/mol. The molecule has 1 fully saturated rings. The summed E-state index contributed by atoms with van der Waals surface area (Å²) >= 11 is 0. The highest BCUT2D eigenvalue weighted by Crippen LogP contribution is 2.42. The summed E-state index contributed by atoms with van der Waals surface area (Å²) in [4.78, 5) is 24.8. The van der Waals surface area contributed by atoms with Crippen LogP contribution < -0.4 is 0 Å². The Bertz CT molecular complexity index is 547. The maximum Gasteiger partial charge on any atom is 0.303 e. The van der Waals surface area contributed by atoms with Gasteiger partial charge in [0.25, 0.3) is 5.91 Å². The molecule has 122 valence electrons. The van der Waals surface area contributed by atoms with Crippen molar-refractivity contribution in [2.75, 3.05) is 13.6 Å². The first-order chi connectivity index (χ1) is 10.4. The van der Waals surface area contributed by atoms with Crippen LogP contribution >= 0.6 is 0 Å². The van der Waals surface area contributed by atoms with Crippen molar-refractivity contribution < 1.29 is 14.7 Å². The van der Waals surface area contributed by atoms with Crippen LogP contribution in [-0.4, -0.2) is 45.3 Å². The minimum absolute atomic E-state index is 0.0534. The molecule has 1 aromatic heterocycles. The van der Waals surface area contributed by atoms with E-state index < -0.39 is 5.97 Å². The van der Waals surface area contributed by atoms with Gasteiger partial charge in [0.05, 0.1) is 17.5 Å². The molecule has 0 aliphatic heterocycles. The molecule has 0 atom stereocenters. The van der Waals surface area contributed by atoms with Gasteiger partial charge in [0.2, 0.25) is 0 Å². The minimum atomic E-state index is -0.829. The van der Waals surface area contributed by atoms with E-state index in [2.05, 4.69) is 18.9 Å². The average molecular weight is 307 g/mol. The van der Waals surface area contributed by atoms with Crippen LogP contribution in [0.2, 0.25) is 0 Å². The maximum absolute atomic E-state index is 12.6. The first kappa shape index (κ1) is 16.5. The van der Waals surface area contributed by atoms with Gasteiger partial charge in [-0.1, -0.05) is 13.8 Å². The van der Waals surface area contributed by atoms with Crippen molar-refractivity contribution in [2.24, 2.45) is 5.92 Å². The van der Waals surface area contributed by atoms with Crippen molar-refractivity contribution in [2.45, 2.75) is 52.0 Å². The minimum Gasteiger partial charge on any atom is -0.481 e. The predicted molar refractivity (Wildman–Crippen MR) is 82.9 cm³/mol. The van der Waals surface area contributed by atoms with E-state index in [1.165, 1.54) is 0 Å². The third kappa shape index (κ3) is 4.08. The highest BCUT2D eigenvalue weighted by molar-refractivity contribution is 5.95. The van der Waals surface area contributed by atoms with Gasteiger partial charge < -0.3 is 10.0 Å². The van der Waals surface area contributed by atoms with Gasteiger partial charge in [-0.3, -0.25) is 14.3 Å². The van der Waals surface area contributed by atoms with Gasteiger partial charge in [-0.25, -0.2) is 0 Å². The Balaban J connectivity index is 2.08. The van der Waals surface area contributed by atoms with Crippen molar-refractivity contribution in [3.8, 4) is 0 Å². The number of carboxylic acids is 1.